The van der Waals surface area contributed by atoms with E-state index in [9.17, 15) is 0 Å². The lowest BCUT2D eigenvalue weighted by Crippen LogP contribution is -2.05. The molecule has 0 saturated heterocycles. The largest absolute Gasteiger partial charge is 0.497 e. The molecule has 0 spiro atoms. The molecule has 0 amide bonds. The van der Waals surface area contributed by atoms with Gasteiger partial charge >= 0.3 is 0 Å². The summed E-state index contributed by atoms with van der Waals surface area (Å²) in [4.78, 5) is 0. The highest BCUT2D eigenvalue weighted by Gasteiger charge is 2.04. The SMILES string of the molecule is COCCOc1ccc(N)c(OCc2ccc(OC)cc2)c1. The highest BCUT2D eigenvalue weighted by Crippen LogP contribution is 2.28. The molecule has 0 atom stereocenters. The van der Waals surface area contributed by atoms with Crippen LogP contribution in [0, 0.1) is 0 Å². The van der Waals surface area contributed by atoms with Crippen LogP contribution >= 0.6 is 0 Å². The van der Waals surface area contributed by atoms with Crippen LogP contribution in [0.1, 0.15) is 5.56 Å². The minimum atomic E-state index is 0.426. The van der Waals surface area contributed by atoms with Gasteiger partial charge in [-0.1, -0.05) is 12.1 Å². The molecule has 5 heteroatoms. The summed E-state index contributed by atoms with van der Waals surface area (Å²) < 4.78 is 21.4. The van der Waals surface area contributed by atoms with E-state index in [2.05, 4.69) is 0 Å². The van der Waals surface area contributed by atoms with Crippen molar-refractivity contribution in [3.63, 3.8) is 0 Å². The van der Waals surface area contributed by atoms with Crippen LogP contribution in [0.4, 0.5) is 5.69 Å². The summed E-state index contributed by atoms with van der Waals surface area (Å²) >= 11 is 0. The number of nitrogens with two attached hydrogens (primary N) is 1. The van der Waals surface area contributed by atoms with Crippen molar-refractivity contribution in [1.82, 2.24) is 0 Å². The molecular formula is C17H21NO4. The molecular weight excluding hydrogens is 282 g/mol. The Hall–Kier alpha value is -2.40. The van der Waals surface area contributed by atoms with E-state index in [0.29, 0.717) is 37.0 Å². The Morgan fingerprint density at radius 2 is 1.59 bits per heavy atom. The first-order valence-electron chi connectivity index (χ1n) is 7.00. The van der Waals surface area contributed by atoms with Gasteiger partial charge in [0.05, 0.1) is 19.4 Å². The Labute approximate surface area is 130 Å². The molecule has 0 aliphatic carbocycles. The number of anilines is 1. The van der Waals surface area contributed by atoms with Crippen LogP contribution in [0.15, 0.2) is 42.5 Å². The molecule has 0 aliphatic rings. The molecule has 0 radical (unpaired) electrons. The van der Waals surface area contributed by atoms with Gasteiger partial charge in [0.1, 0.15) is 30.5 Å². The van der Waals surface area contributed by atoms with Crippen LogP contribution in [0.25, 0.3) is 0 Å². The third-order valence-corrected chi connectivity index (χ3v) is 3.09. The van der Waals surface area contributed by atoms with Gasteiger partial charge in [-0.3, -0.25) is 0 Å². The predicted molar refractivity (Wildman–Crippen MR) is 85.6 cm³/mol. The topological polar surface area (TPSA) is 62.9 Å². The zero-order valence-electron chi connectivity index (χ0n) is 12.9. The second-order valence-electron chi connectivity index (χ2n) is 4.68. The van der Waals surface area contributed by atoms with E-state index >= 15 is 0 Å². The Morgan fingerprint density at radius 3 is 2.27 bits per heavy atom. The van der Waals surface area contributed by atoms with Crippen molar-refractivity contribution >= 4 is 5.69 Å². The van der Waals surface area contributed by atoms with E-state index in [4.69, 9.17) is 24.7 Å². The van der Waals surface area contributed by atoms with E-state index in [1.165, 1.54) is 0 Å². The molecule has 2 aromatic rings. The molecule has 0 heterocycles. The molecule has 2 aromatic carbocycles. The Morgan fingerprint density at radius 1 is 0.864 bits per heavy atom. The fourth-order valence-corrected chi connectivity index (χ4v) is 1.86. The van der Waals surface area contributed by atoms with Crippen molar-refractivity contribution in [2.45, 2.75) is 6.61 Å². The Kier molecular flexibility index (Phi) is 5.91. The first-order chi connectivity index (χ1) is 10.7. The van der Waals surface area contributed by atoms with Gasteiger partial charge in [-0.2, -0.15) is 0 Å². The summed E-state index contributed by atoms with van der Waals surface area (Å²) in [5.74, 6) is 2.12. The maximum Gasteiger partial charge on any atom is 0.146 e. The van der Waals surface area contributed by atoms with Crippen molar-refractivity contribution in [2.24, 2.45) is 0 Å². The van der Waals surface area contributed by atoms with Crippen molar-refractivity contribution in [1.29, 1.82) is 0 Å². The van der Waals surface area contributed by atoms with Gasteiger partial charge in [-0.15, -0.1) is 0 Å². The monoisotopic (exact) mass is 303 g/mol. The average Bonchev–Trinajstić information content (AvgIpc) is 2.56. The van der Waals surface area contributed by atoms with Gasteiger partial charge < -0.3 is 24.7 Å². The van der Waals surface area contributed by atoms with Crippen LogP contribution in [-0.4, -0.2) is 27.4 Å². The standard InChI is InChI=1S/C17H21NO4/c1-19-9-10-21-15-7-8-16(18)17(11-15)22-12-13-3-5-14(20-2)6-4-13/h3-8,11H,9-10,12,18H2,1-2H3. The summed E-state index contributed by atoms with van der Waals surface area (Å²) in [7, 11) is 3.27. The molecule has 22 heavy (non-hydrogen) atoms. The molecule has 2 rings (SSSR count). The maximum atomic E-state index is 5.93. The second-order valence-corrected chi connectivity index (χ2v) is 4.68. The summed E-state index contributed by atoms with van der Waals surface area (Å²) in [6, 6.07) is 13.1. The number of nitrogen functional groups attached to an aromatic ring is 1. The third-order valence-electron chi connectivity index (χ3n) is 3.09. The highest BCUT2D eigenvalue weighted by atomic mass is 16.5. The van der Waals surface area contributed by atoms with Crippen molar-refractivity contribution in [3.8, 4) is 17.2 Å². The minimum Gasteiger partial charge on any atom is -0.497 e. The fourth-order valence-electron chi connectivity index (χ4n) is 1.86. The van der Waals surface area contributed by atoms with E-state index < -0.39 is 0 Å². The van der Waals surface area contributed by atoms with Crippen LogP contribution < -0.4 is 19.9 Å². The molecule has 2 N–H and O–H groups in total. The first kappa shape index (κ1) is 16.0. The maximum absolute atomic E-state index is 5.93. The van der Waals surface area contributed by atoms with Gasteiger partial charge in [-0.05, 0) is 29.8 Å². The summed E-state index contributed by atoms with van der Waals surface area (Å²) in [5.41, 5.74) is 7.54. The highest BCUT2D eigenvalue weighted by molar-refractivity contribution is 5.55. The molecule has 0 bridgehead atoms. The third kappa shape index (κ3) is 4.56. The van der Waals surface area contributed by atoms with Gasteiger partial charge in [0, 0.05) is 13.2 Å². The smallest absolute Gasteiger partial charge is 0.146 e. The van der Waals surface area contributed by atoms with Crippen LogP contribution in [-0.2, 0) is 11.3 Å². The van der Waals surface area contributed by atoms with Crippen LogP contribution in [0.5, 0.6) is 17.2 Å². The van der Waals surface area contributed by atoms with Crippen molar-refractivity contribution in [2.75, 3.05) is 33.2 Å². The van der Waals surface area contributed by atoms with E-state index in [-0.39, 0.29) is 0 Å². The fraction of sp³-hybridized carbons (Fsp3) is 0.294. The zero-order chi connectivity index (χ0) is 15.8. The molecule has 0 aliphatic heterocycles. The quantitative estimate of drug-likeness (QED) is 0.600. The molecule has 5 nitrogen and oxygen atoms in total. The Balaban J connectivity index is 1.96. The molecule has 0 fully saturated rings. The summed E-state index contributed by atoms with van der Waals surface area (Å²) in [6.07, 6.45) is 0. The second kappa shape index (κ2) is 8.14. The van der Waals surface area contributed by atoms with E-state index in [1.54, 1.807) is 26.4 Å². The van der Waals surface area contributed by atoms with Gasteiger partial charge in [0.25, 0.3) is 0 Å². The molecule has 0 saturated carbocycles. The van der Waals surface area contributed by atoms with Gasteiger partial charge in [-0.25, -0.2) is 0 Å². The Bertz CT molecular complexity index is 584. The van der Waals surface area contributed by atoms with Crippen molar-refractivity contribution in [3.05, 3.63) is 48.0 Å². The van der Waals surface area contributed by atoms with Gasteiger partial charge in [0.2, 0.25) is 0 Å². The number of rotatable bonds is 8. The molecule has 0 aromatic heterocycles. The normalized spacial score (nSPS) is 10.3. The van der Waals surface area contributed by atoms with E-state index in [0.717, 1.165) is 11.3 Å². The number of benzene rings is 2. The minimum absolute atomic E-state index is 0.426. The van der Waals surface area contributed by atoms with Crippen molar-refractivity contribution < 1.29 is 18.9 Å². The van der Waals surface area contributed by atoms with Gasteiger partial charge in [0.15, 0.2) is 0 Å². The molecule has 118 valence electrons. The molecule has 0 unspecified atom stereocenters. The van der Waals surface area contributed by atoms with Crippen LogP contribution in [0.2, 0.25) is 0 Å². The summed E-state index contributed by atoms with van der Waals surface area (Å²) in [5, 5.41) is 0. The number of hydrogen-bond donors (Lipinski definition) is 1. The van der Waals surface area contributed by atoms with E-state index in [1.807, 2.05) is 30.3 Å². The number of hydrogen-bond acceptors (Lipinski definition) is 5. The lowest BCUT2D eigenvalue weighted by molar-refractivity contribution is 0.146. The zero-order valence-corrected chi connectivity index (χ0v) is 12.9. The summed E-state index contributed by atoms with van der Waals surface area (Å²) in [6.45, 7) is 1.44. The number of ether oxygens (including phenoxy) is 4. The predicted octanol–water partition coefficient (Wildman–Crippen LogP) is 2.88. The average molecular weight is 303 g/mol. The lowest BCUT2D eigenvalue weighted by atomic mass is 10.2. The first-order valence-corrected chi connectivity index (χ1v) is 7.00. The number of methoxy groups -OCH3 is 2. The van der Waals surface area contributed by atoms with Crippen LogP contribution in [0.3, 0.4) is 0 Å². The lowest BCUT2D eigenvalue weighted by Gasteiger charge is -2.12.